The molecular formula is C13H10N2O2. The van der Waals surface area contributed by atoms with Gasteiger partial charge in [0.25, 0.3) is 11.8 Å². The molecule has 17 heavy (non-hydrogen) atoms. The van der Waals surface area contributed by atoms with Crippen molar-refractivity contribution >= 4 is 11.8 Å². The van der Waals surface area contributed by atoms with E-state index in [1.807, 2.05) is 6.07 Å². The molecule has 2 rings (SSSR count). The van der Waals surface area contributed by atoms with Gasteiger partial charge in [-0.3, -0.25) is 14.5 Å². The number of imide groups is 1. The topological polar surface area (TPSA) is 61.2 Å². The molecule has 1 aliphatic heterocycles. The lowest BCUT2D eigenvalue weighted by Gasteiger charge is -2.14. The minimum Gasteiger partial charge on any atom is -0.271 e. The van der Waals surface area contributed by atoms with E-state index in [4.69, 9.17) is 5.26 Å². The average Bonchev–Trinajstić information content (AvgIpc) is 2.57. The molecule has 0 N–H and O–H groups in total. The molecule has 0 aliphatic carbocycles. The molecule has 0 fully saturated rings. The Bertz CT molecular complexity index is 550. The van der Waals surface area contributed by atoms with E-state index in [2.05, 4.69) is 0 Å². The molecule has 1 heterocycles. The fraction of sp³-hybridized carbons (Fsp3) is 0.154. The third-order valence-corrected chi connectivity index (χ3v) is 2.61. The highest BCUT2D eigenvalue weighted by molar-refractivity contribution is 6.15. The molecule has 0 unspecified atom stereocenters. The Morgan fingerprint density at radius 3 is 2.35 bits per heavy atom. The lowest BCUT2D eigenvalue weighted by Crippen LogP contribution is -2.30. The van der Waals surface area contributed by atoms with Crippen LogP contribution in [0, 0.1) is 11.3 Å². The zero-order valence-corrected chi connectivity index (χ0v) is 9.30. The monoisotopic (exact) mass is 226 g/mol. The van der Waals surface area contributed by atoms with Gasteiger partial charge < -0.3 is 0 Å². The average molecular weight is 226 g/mol. The minimum atomic E-state index is -0.281. The smallest absolute Gasteiger partial charge is 0.256 e. The first kappa shape index (κ1) is 11.1. The molecule has 0 radical (unpaired) electrons. The number of nitriles is 1. The second kappa shape index (κ2) is 4.22. The van der Waals surface area contributed by atoms with Crippen molar-refractivity contribution in [2.75, 3.05) is 0 Å². The van der Waals surface area contributed by atoms with Crippen molar-refractivity contribution < 1.29 is 9.59 Å². The summed E-state index contributed by atoms with van der Waals surface area (Å²) < 4.78 is 0. The van der Waals surface area contributed by atoms with E-state index < -0.39 is 0 Å². The van der Waals surface area contributed by atoms with E-state index in [9.17, 15) is 9.59 Å². The van der Waals surface area contributed by atoms with Gasteiger partial charge in [0.1, 0.15) is 0 Å². The summed E-state index contributed by atoms with van der Waals surface area (Å²) in [5.41, 5.74) is 1.85. The normalized spacial score (nSPS) is 14.8. The zero-order chi connectivity index (χ0) is 12.4. The molecule has 0 aromatic heterocycles. The summed E-state index contributed by atoms with van der Waals surface area (Å²) in [6.07, 6.45) is 1.34. The van der Waals surface area contributed by atoms with Gasteiger partial charge >= 0.3 is 0 Å². The lowest BCUT2D eigenvalue weighted by atomic mass is 10.1. The van der Waals surface area contributed by atoms with Crippen molar-refractivity contribution in [2.24, 2.45) is 0 Å². The molecule has 84 valence electrons. The van der Waals surface area contributed by atoms with Crippen LogP contribution in [-0.4, -0.2) is 16.7 Å². The van der Waals surface area contributed by atoms with Gasteiger partial charge in [0.15, 0.2) is 0 Å². The second-order valence-electron chi connectivity index (χ2n) is 3.87. The molecule has 1 aliphatic rings. The number of rotatable bonds is 2. The van der Waals surface area contributed by atoms with Gasteiger partial charge in [-0.05, 0) is 24.6 Å². The molecule has 0 saturated heterocycles. The van der Waals surface area contributed by atoms with Gasteiger partial charge in [-0.2, -0.15) is 5.26 Å². The Labute approximate surface area is 98.8 Å². The maximum absolute atomic E-state index is 11.6. The Kier molecular flexibility index (Phi) is 2.75. The molecule has 1 aromatic carbocycles. The summed E-state index contributed by atoms with van der Waals surface area (Å²) in [4.78, 5) is 24.3. The summed E-state index contributed by atoms with van der Waals surface area (Å²) in [6.45, 7) is 1.87. The van der Waals surface area contributed by atoms with Crippen molar-refractivity contribution in [1.82, 2.24) is 4.90 Å². The number of amides is 2. The van der Waals surface area contributed by atoms with Crippen molar-refractivity contribution in [3.8, 4) is 6.07 Å². The van der Waals surface area contributed by atoms with Crippen LogP contribution in [0.2, 0.25) is 0 Å². The number of benzene rings is 1. The van der Waals surface area contributed by atoms with Crippen molar-refractivity contribution in [2.45, 2.75) is 13.5 Å². The summed E-state index contributed by atoms with van der Waals surface area (Å²) in [5.74, 6) is -0.531. The van der Waals surface area contributed by atoms with Crippen LogP contribution >= 0.6 is 0 Å². The van der Waals surface area contributed by atoms with Crippen molar-refractivity contribution in [3.63, 3.8) is 0 Å². The van der Waals surface area contributed by atoms with Crippen LogP contribution in [0.4, 0.5) is 0 Å². The molecule has 0 saturated carbocycles. The predicted octanol–water partition coefficient (Wildman–Crippen LogP) is 1.37. The maximum atomic E-state index is 11.6. The lowest BCUT2D eigenvalue weighted by molar-refractivity contribution is -0.137. The Hall–Kier alpha value is -2.41. The van der Waals surface area contributed by atoms with Crippen LogP contribution in [0.25, 0.3) is 0 Å². The van der Waals surface area contributed by atoms with Crippen LogP contribution < -0.4 is 0 Å². The molecule has 4 nitrogen and oxygen atoms in total. The van der Waals surface area contributed by atoms with Crippen LogP contribution in [0.5, 0.6) is 0 Å². The molecule has 2 amide bonds. The summed E-state index contributed by atoms with van der Waals surface area (Å²) in [5, 5.41) is 8.65. The third kappa shape index (κ3) is 2.08. The highest BCUT2D eigenvalue weighted by atomic mass is 16.2. The number of carbonyl (C=O) groups is 2. The number of hydrogen-bond donors (Lipinski definition) is 0. The Balaban J connectivity index is 2.15. The first-order valence-corrected chi connectivity index (χ1v) is 5.15. The number of hydrogen-bond acceptors (Lipinski definition) is 3. The van der Waals surface area contributed by atoms with E-state index in [1.165, 1.54) is 11.0 Å². The number of carbonyl (C=O) groups excluding carboxylic acids is 2. The zero-order valence-electron chi connectivity index (χ0n) is 9.30. The Morgan fingerprint density at radius 2 is 1.88 bits per heavy atom. The Morgan fingerprint density at radius 1 is 1.24 bits per heavy atom. The van der Waals surface area contributed by atoms with E-state index in [0.717, 1.165) is 5.56 Å². The van der Waals surface area contributed by atoms with Gasteiger partial charge in [-0.25, -0.2) is 0 Å². The van der Waals surface area contributed by atoms with Gasteiger partial charge in [-0.1, -0.05) is 12.1 Å². The maximum Gasteiger partial charge on any atom is 0.256 e. The molecule has 0 atom stereocenters. The highest BCUT2D eigenvalue weighted by Gasteiger charge is 2.27. The third-order valence-electron chi connectivity index (χ3n) is 2.61. The summed E-state index contributed by atoms with van der Waals surface area (Å²) >= 11 is 0. The predicted molar refractivity (Wildman–Crippen MR) is 60.5 cm³/mol. The quantitative estimate of drug-likeness (QED) is 0.715. The summed E-state index contributed by atoms with van der Waals surface area (Å²) in [7, 11) is 0. The van der Waals surface area contributed by atoms with Gasteiger partial charge in [0.2, 0.25) is 0 Å². The fourth-order valence-corrected chi connectivity index (χ4v) is 1.65. The van der Waals surface area contributed by atoms with Crippen LogP contribution in [0.3, 0.4) is 0 Å². The van der Waals surface area contributed by atoms with Crippen molar-refractivity contribution in [3.05, 3.63) is 47.0 Å². The fourth-order valence-electron chi connectivity index (χ4n) is 1.65. The molecule has 0 bridgehead atoms. The highest BCUT2D eigenvalue weighted by Crippen LogP contribution is 2.16. The molecule has 0 spiro atoms. The van der Waals surface area contributed by atoms with E-state index in [-0.39, 0.29) is 18.4 Å². The molecular weight excluding hydrogens is 216 g/mol. The second-order valence-corrected chi connectivity index (χ2v) is 3.87. The van der Waals surface area contributed by atoms with E-state index >= 15 is 0 Å². The number of nitrogens with zero attached hydrogens (tertiary/aromatic N) is 2. The minimum absolute atomic E-state index is 0.247. The SMILES string of the molecule is CC1=CC(=O)N(Cc2ccc(C#N)cc2)C1=O. The van der Waals surface area contributed by atoms with Gasteiger partial charge in [-0.15, -0.1) is 0 Å². The molecule has 1 aromatic rings. The van der Waals surface area contributed by atoms with Crippen LogP contribution in [-0.2, 0) is 16.1 Å². The van der Waals surface area contributed by atoms with Crippen LogP contribution in [0.15, 0.2) is 35.9 Å². The van der Waals surface area contributed by atoms with E-state index in [0.29, 0.717) is 11.1 Å². The first-order chi connectivity index (χ1) is 8.11. The first-order valence-electron chi connectivity index (χ1n) is 5.15. The summed E-state index contributed by atoms with van der Waals surface area (Å²) in [6, 6.07) is 8.83. The molecule has 4 heteroatoms. The largest absolute Gasteiger partial charge is 0.271 e. The van der Waals surface area contributed by atoms with Gasteiger partial charge in [0, 0.05) is 11.6 Å². The standard InChI is InChI=1S/C13H10N2O2/c1-9-6-12(16)15(13(9)17)8-11-4-2-10(7-14)3-5-11/h2-6H,8H2,1H3. The van der Waals surface area contributed by atoms with Crippen LogP contribution in [0.1, 0.15) is 18.1 Å². The van der Waals surface area contributed by atoms with Gasteiger partial charge in [0.05, 0.1) is 18.2 Å². The van der Waals surface area contributed by atoms with Crippen molar-refractivity contribution in [1.29, 1.82) is 5.26 Å². The van der Waals surface area contributed by atoms with E-state index in [1.54, 1.807) is 31.2 Å².